The van der Waals surface area contributed by atoms with Crippen molar-refractivity contribution < 1.29 is 28.6 Å². The summed E-state index contributed by atoms with van der Waals surface area (Å²) in [5.74, 6) is -1.10. The van der Waals surface area contributed by atoms with Crippen LogP contribution in [-0.4, -0.2) is 78.3 Å². The molecule has 0 saturated carbocycles. The second kappa shape index (κ2) is 11.2. The summed E-state index contributed by atoms with van der Waals surface area (Å²) in [5, 5.41) is 12.2. The first-order valence-electron chi connectivity index (χ1n) is 11.6. The van der Waals surface area contributed by atoms with Gasteiger partial charge in [0.15, 0.2) is 10.9 Å². The summed E-state index contributed by atoms with van der Waals surface area (Å²) in [6, 6.07) is 10.3. The Morgan fingerprint density at radius 1 is 1.14 bits per heavy atom. The highest BCUT2D eigenvalue weighted by Gasteiger charge is 2.33. The zero-order chi connectivity index (χ0) is 26.5. The Labute approximate surface area is 218 Å². The lowest BCUT2D eigenvalue weighted by Crippen LogP contribution is -2.48. The molecule has 0 spiro atoms. The highest BCUT2D eigenvalue weighted by molar-refractivity contribution is 7.80. The summed E-state index contributed by atoms with van der Waals surface area (Å²) in [7, 11) is 0. The molecule has 2 aromatic rings. The molecule has 10 nitrogen and oxygen atoms in total. The van der Waals surface area contributed by atoms with E-state index in [2.05, 4.69) is 5.32 Å². The number of nitrogens with zero attached hydrogens (tertiary/aromatic N) is 3. The molecule has 2 heterocycles. The average molecular weight is 528 g/mol. The van der Waals surface area contributed by atoms with Crippen LogP contribution in [0.4, 0.5) is 20.6 Å². The number of nitrogens with two attached hydrogens (primary N) is 1. The third-order valence-electron chi connectivity index (χ3n) is 6.08. The van der Waals surface area contributed by atoms with Crippen LogP contribution < -0.4 is 20.9 Å². The van der Waals surface area contributed by atoms with Gasteiger partial charge >= 0.3 is 6.09 Å². The second-order valence-corrected chi connectivity index (χ2v) is 8.99. The van der Waals surface area contributed by atoms with Crippen LogP contribution in [0.15, 0.2) is 54.6 Å². The van der Waals surface area contributed by atoms with Crippen LogP contribution in [0.1, 0.15) is 10.4 Å². The monoisotopic (exact) mass is 527 g/mol. The van der Waals surface area contributed by atoms with Crippen molar-refractivity contribution in [1.82, 2.24) is 10.2 Å². The van der Waals surface area contributed by atoms with Crippen molar-refractivity contribution in [3.63, 3.8) is 0 Å². The first-order chi connectivity index (χ1) is 17.7. The molecule has 2 aliphatic heterocycles. The normalized spacial score (nSPS) is 17.7. The Morgan fingerprint density at radius 3 is 2.49 bits per heavy atom. The van der Waals surface area contributed by atoms with E-state index < -0.39 is 18.0 Å². The first kappa shape index (κ1) is 25.9. The fourth-order valence-corrected chi connectivity index (χ4v) is 4.20. The molecule has 0 aromatic heterocycles. The predicted molar refractivity (Wildman–Crippen MR) is 139 cm³/mol. The second-order valence-electron chi connectivity index (χ2n) is 8.55. The van der Waals surface area contributed by atoms with Gasteiger partial charge in [-0.25, -0.2) is 9.18 Å². The van der Waals surface area contributed by atoms with Crippen LogP contribution in [0.3, 0.4) is 0 Å². The number of anilines is 2. The number of phenols is 1. The number of nitrogens with one attached hydrogen (secondary N) is 1. The number of hydrogen-bond donors (Lipinski definition) is 3. The Balaban J connectivity index is 1.31. The summed E-state index contributed by atoms with van der Waals surface area (Å²) in [6.45, 7) is 2.01. The molecule has 2 aliphatic rings. The van der Waals surface area contributed by atoms with Gasteiger partial charge in [-0.2, -0.15) is 0 Å². The van der Waals surface area contributed by atoms with Crippen molar-refractivity contribution in [2.75, 3.05) is 49.1 Å². The molecule has 0 aliphatic carbocycles. The maximum atomic E-state index is 15.0. The Morgan fingerprint density at radius 2 is 1.84 bits per heavy atom. The Kier molecular flexibility index (Phi) is 7.87. The standard InChI is InChI=1S/C25H26FN5O5S/c26-20-13-17(31-15-19(36-25(31)35)14-28-24(27)37)3-6-21(20)29-9-11-30(12-10-29)23(34)8-7-22(33)16-1-4-18(32)5-2-16/h1-8,13,19,32H,9-12,14-15H2,(H3,27,28,37)/b8-7+/t19-/m0/s1. The van der Waals surface area contributed by atoms with E-state index in [1.165, 1.54) is 47.4 Å². The number of carbonyl (C=O) groups excluding carboxylic acids is 3. The summed E-state index contributed by atoms with van der Waals surface area (Å²) in [5.41, 5.74) is 6.51. The number of ether oxygens (including phenoxy) is 1. The van der Waals surface area contributed by atoms with Crippen molar-refractivity contribution in [1.29, 1.82) is 0 Å². The lowest BCUT2D eigenvalue weighted by Gasteiger charge is -2.36. The van der Waals surface area contributed by atoms with E-state index in [1.807, 2.05) is 4.90 Å². The number of aromatic hydroxyl groups is 1. The van der Waals surface area contributed by atoms with Crippen LogP contribution in [0.25, 0.3) is 0 Å². The lowest BCUT2D eigenvalue weighted by atomic mass is 10.1. The van der Waals surface area contributed by atoms with E-state index in [4.69, 9.17) is 22.7 Å². The Hall–Kier alpha value is -4.19. The number of amides is 2. The molecule has 194 valence electrons. The van der Waals surface area contributed by atoms with E-state index in [-0.39, 0.29) is 35.6 Å². The summed E-state index contributed by atoms with van der Waals surface area (Å²) in [6.07, 6.45) is 1.38. The fraction of sp³-hybridized carbons (Fsp3) is 0.280. The van der Waals surface area contributed by atoms with Gasteiger partial charge < -0.3 is 30.7 Å². The molecule has 2 aromatic carbocycles. The molecule has 4 rings (SSSR count). The first-order valence-corrected chi connectivity index (χ1v) is 12.0. The van der Waals surface area contributed by atoms with Gasteiger partial charge in [-0.3, -0.25) is 14.5 Å². The highest BCUT2D eigenvalue weighted by atomic mass is 32.1. The molecule has 12 heteroatoms. The molecule has 4 N–H and O–H groups in total. The zero-order valence-electron chi connectivity index (χ0n) is 19.8. The molecule has 2 fully saturated rings. The van der Waals surface area contributed by atoms with Gasteiger partial charge in [-0.15, -0.1) is 0 Å². The number of rotatable bonds is 7. The van der Waals surface area contributed by atoms with Gasteiger partial charge in [0.25, 0.3) is 0 Å². The third kappa shape index (κ3) is 6.33. The SMILES string of the molecule is NC(=S)NC[C@H]1CN(c2ccc(N3CCN(C(=O)/C=C/C(=O)c4ccc(O)cc4)CC3)c(F)c2)C(=O)O1. The zero-order valence-corrected chi connectivity index (χ0v) is 20.6. The van der Waals surface area contributed by atoms with E-state index in [0.717, 1.165) is 0 Å². The maximum Gasteiger partial charge on any atom is 0.414 e. The fourth-order valence-electron chi connectivity index (χ4n) is 4.12. The molecule has 2 amide bonds. The molecule has 37 heavy (non-hydrogen) atoms. The molecule has 0 radical (unpaired) electrons. The number of thiocarbonyl (C=S) groups is 1. The van der Waals surface area contributed by atoms with Crippen molar-refractivity contribution >= 4 is 46.5 Å². The van der Waals surface area contributed by atoms with E-state index in [0.29, 0.717) is 43.1 Å². The summed E-state index contributed by atoms with van der Waals surface area (Å²) in [4.78, 5) is 41.7. The number of phenolic OH excluding ortho intramolecular Hbond substituents is 1. The van der Waals surface area contributed by atoms with Gasteiger partial charge in [-0.05, 0) is 60.8 Å². The molecule has 0 unspecified atom stereocenters. The number of allylic oxidation sites excluding steroid dienone is 1. The quantitative estimate of drug-likeness (QED) is 0.280. The van der Waals surface area contributed by atoms with Crippen molar-refractivity contribution in [3.8, 4) is 5.75 Å². The largest absolute Gasteiger partial charge is 0.508 e. The van der Waals surface area contributed by atoms with Crippen LogP contribution in [0.5, 0.6) is 5.75 Å². The number of ketones is 1. The van der Waals surface area contributed by atoms with Gasteiger partial charge in [-0.1, -0.05) is 0 Å². The van der Waals surface area contributed by atoms with E-state index >= 15 is 4.39 Å². The lowest BCUT2D eigenvalue weighted by molar-refractivity contribution is -0.126. The average Bonchev–Trinajstić information content (AvgIpc) is 3.26. The van der Waals surface area contributed by atoms with Gasteiger partial charge in [0.05, 0.1) is 24.5 Å². The summed E-state index contributed by atoms with van der Waals surface area (Å²) >= 11 is 4.76. The van der Waals surface area contributed by atoms with Gasteiger partial charge in [0.1, 0.15) is 17.7 Å². The number of benzene rings is 2. The Bertz CT molecular complexity index is 1230. The minimum Gasteiger partial charge on any atom is -0.508 e. The van der Waals surface area contributed by atoms with Crippen LogP contribution in [-0.2, 0) is 9.53 Å². The van der Waals surface area contributed by atoms with Crippen LogP contribution in [0.2, 0.25) is 0 Å². The smallest absolute Gasteiger partial charge is 0.414 e. The molecule has 1 atom stereocenters. The van der Waals surface area contributed by atoms with Gasteiger partial charge in [0.2, 0.25) is 5.91 Å². The van der Waals surface area contributed by atoms with E-state index in [1.54, 1.807) is 17.0 Å². The third-order valence-corrected chi connectivity index (χ3v) is 6.23. The van der Waals surface area contributed by atoms with Gasteiger partial charge in [0, 0.05) is 37.8 Å². The van der Waals surface area contributed by atoms with Crippen LogP contribution in [0, 0.1) is 5.82 Å². The van der Waals surface area contributed by atoms with Crippen LogP contribution >= 0.6 is 12.2 Å². The molecule has 0 bridgehead atoms. The number of cyclic esters (lactones) is 1. The van der Waals surface area contributed by atoms with Crippen molar-refractivity contribution in [2.45, 2.75) is 6.10 Å². The van der Waals surface area contributed by atoms with Crippen molar-refractivity contribution in [3.05, 3.63) is 66.0 Å². The number of halogens is 1. The minimum absolute atomic E-state index is 0.0502. The molecular weight excluding hydrogens is 501 g/mol. The minimum atomic E-state index is -0.578. The summed E-state index contributed by atoms with van der Waals surface area (Å²) < 4.78 is 20.3. The topological polar surface area (TPSA) is 128 Å². The van der Waals surface area contributed by atoms with E-state index in [9.17, 15) is 19.5 Å². The number of carbonyl (C=O) groups is 3. The number of hydrogen-bond acceptors (Lipinski definition) is 7. The molecular formula is C25H26FN5O5S. The molecule has 2 saturated heterocycles. The maximum absolute atomic E-state index is 15.0. The number of piperazine rings is 1. The van der Waals surface area contributed by atoms with Crippen molar-refractivity contribution in [2.24, 2.45) is 5.73 Å². The predicted octanol–water partition coefficient (Wildman–Crippen LogP) is 1.78. The highest BCUT2D eigenvalue weighted by Crippen LogP contribution is 2.28.